The van der Waals surface area contributed by atoms with Gasteiger partial charge in [0.05, 0.1) is 12.8 Å². The van der Waals surface area contributed by atoms with E-state index in [9.17, 15) is 9.59 Å². The second-order valence-corrected chi connectivity index (χ2v) is 6.35. The molecule has 2 aromatic rings. The van der Waals surface area contributed by atoms with Crippen LogP contribution in [-0.2, 0) is 16.1 Å². The predicted octanol–water partition coefficient (Wildman–Crippen LogP) is 1.45. The molecule has 1 aliphatic rings. The van der Waals surface area contributed by atoms with Gasteiger partial charge in [0.15, 0.2) is 0 Å². The van der Waals surface area contributed by atoms with Gasteiger partial charge in [-0.1, -0.05) is 12.1 Å². The second kappa shape index (κ2) is 9.02. The molecule has 0 bridgehead atoms. The number of para-hydroxylation sites is 2. The number of amides is 2. The summed E-state index contributed by atoms with van der Waals surface area (Å²) in [5.74, 6) is 0.429. The Morgan fingerprint density at radius 1 is 1.07 bits per heavy atom. The lowest BCUT2D eigenvalue weighted by atomic mass is 10.2. The van der Waals surface area contributed by atoms with Gasteiger partial charge in [0.2, 0.25) is 11.8 Å². The molecule has 0 aliphatic carbocycles. The van der Waals surface area contributed by atoms with Crippen LogP contribution < -0.4 is 15.0 Å². The molecule has 2 amide bonds. The number of ether oxygens (including phenoxy) is 1. The van der Waals surface area contributed by atoms with E-state index in [0.717, 1.165) is 17.0 Å². The second-order valence-electron chi connectivity index (χ2n) is 6.35. The summed E-state index contributed by atoms with van der Waals surface area (Å²) in [6.45, 7) is 3.01. The molecule has 2 heterocycles. The molecule has 0 spiro atoms. The number of benzene rings is 1. The van der Waals surface area contributed by atoms with Crippen LogP contribution >= 0.6 is 0 Å². The molecular formula is C20H24N4O3. The Balaban J connectivity index is 1.46. The number of anilines is 1. The van der Waals surface area contributed by atoms with Gasteiger partial charge in [0.25, 0.3) is 0 Å². The van der Waals surface area contributed by atoms with Crippen molar-refractivity contribution in [2.24, 2.45) is 0 Å². The topological polar surface area (TPSA) is 74.8 Å². The third-order valence-electron chi connectivity index (χ3n) is 4.61. The van der Waals surface area contributed by atoms with Gasteiger partial charge in [-0.2, -0.15) is 0 Å². The van der Waals surface area contributed by atoms with Crippen molar-refractivity contribution in [2.75, 3.05) is 38.2 Å². The summed E-state index contributed by atoms with van der Waals surface area (Å²) in [6.07, 6.45) is 3.22. The van der Waals surface area contributed by atoms with Gasteiger partial charge in [-0.15, -0.1) is 0 Å². The Bertz CT molecular complexity index is 774. The van der Waals surface area contributed by atoms with Gasteiger partial charge in [-0.05, 0) is 29.8 Å². The van der Waals surface area contributed by atoms with Crippen LogP contribution in [0.5, 0.6) is 5.75 Å². The molecule has 1 N–H and O–H groups in total. The van der Waals surface area contributed by atoms with E-state index in [1.54, 1.807) is 24.4 Å². The highest BCUT2D eigenvalue weighted by molar-refractivity contribution is 5.97. The lowest BCUT2D eigenvalue weighted by Crippen LogP contribution is -2.49. The minimum absolute atomic E-state index is 0.125. The number of carbonyl (C=O) groups is 2. The Hall–Kier alpha value is -3.09. The fourth-order valence-corrected chi connectivity index (χ4v) is 3.10. The standard InChI is InChI=1S/C20H24N4O3/c1-27-18-5-3-2-4-17(18)23-10-12-24(13-11-23)20(26)14-19(25)22-15-16-6-8-21-9-7-16/h2-9H,10-15H2,1H3,(H,22,25). The number of nitrogens with one attached hydrogen (secondary N) is 1. The van der Waals surface area contributed by atoms with E-state index in [0.29, 0.717) is 32.7 Å². The van der Waals surface area contributed by atoms with Gasteiger partial charge in [0.1, 0.15) is 12.2 Å². The van der Waals surface area contributed by atoms with Gasteiger partial charge in [-0.25, -0.2) is 0 Å². The average Bonchev–Trinajstić information content (AvgIpc) is 2.73. The summed E-state index contributed by atoms with van der Waals surface area (Å²) in [5, 5.41) is 2.78. The molecule has 1 aliphatic heterocycles. The van der Waals surface area contributed by atoms with E-state index in [4.69, 9.17) is 4.74 Å². The Morgan fingerprint density at radius 2 is 1.78 bits per heavy atom. The quantitative estimate of drug-likeness (QED) is 0.781. The third-order valence-corrected chi connectivity index (χ3v) is 4.61. The van der Waals surface area contributed by atoms with Crippen LogP contribution in [0.25, 0.3) is 0 Å². The van der Waals surface area contributed by atoms with E-state index >= 15 is 0 Å². The van der Waals surface area contributed by atoms with E-state index in [1.807, 2.05) is 36.4 Å². The average molecular weight is 368 g/mol. The molecule has 1 aromatic carbocycles. The summed E-state index contributed by atoms with van der Waals surface area (Å²) in [4.78, 5) is 32.3. The van der Waals surface area contributed by atoms with Crippen molar-refractivity contribution in [1.29, 1.82) is 0 Å². The third kappa shape index (κ3) is 4.97. The highest BCUT2D eigenvalue weighted by Crippen LogP contribution is 2.28. The maximum Gasteiger partial charge on any atom is 0.232 e. The van der Waals surface area contributed by atoms with Crippen molar-refractivity contribution < 1.29 is 14.3 Å². The minimum Gasteiger partial charge on any atom is -0.495 e. The Kier molecular flexibility index (Phi) is 6.25. The summed E-state index contributed by atoms with van der Waals surface area (Å²) in [6, 6.07) is 11.5. The molecule has 0 unspecified atom stereocenters. The van der Waals surface area contributed by atoms with E-state index in [-0.39, 0.29) is 18.2 Å². The van der Waals surface area contributed by atoms with Crippen LogP contribution in [0.3, 0.4) is 0 Å². The molecule has 7 nitrogen and oxygen atoms in total. The molecule has 0 atom stereocenters. The molecule has 142 valence electrons. The summed E-state index contributed by atoms with van der Waals surface area (Å²) < 4.78 is 5.41. The van der Waals surface area contributed by atoms with Crippen molar-refractivity contribution >= 4 is 17.5 Å². The first-order valence-electron chi connectivity index (χ1n) is 8.98. The number of piperazine rings is 1. The molecule has 0 saturated carbocycles. The first kappa shape index (κ1) is 18.7. The van der Waals surface area contributed by atoms with Crippen LogP contribution in [0.2, 0.25) is 0 Å². The molecule has 1 fully saturated rings. The maximum absolute atomic E-state index is 12.4. The van der Waals surface area contributed by atoms with Crippen molar-refractivity contribution in [3.8, 4) is 5.75 Å². The van der Waals surface area contributed by atoms with Crippen LogP contribution in [0, 0.1) is 0 Å². The van der Waals surface area contributed by atoms with Crippen LogP contribution in [-0.4, -0.2) is 55.0 Å². The molecule has 7 heteroatoms. The number of nitrogens with zero attached hydrogens (tertiary/aromatic N) is 3. The molecule has 0 radical (unpaired) electrons. The monoisotopic (exact) mass is 368 g/mol. The highest BCUT2D eigenvalue weighted by Gasteiger charge is 2.24. The summed E-state index contributed by atoms with van der Waals surface area (Å²) in [5.41, 5.74) is 1.98. The fraction of sp³-hybridized carbons (Fsp3) is 0.350. The molecule has 3 rings (SSSR count). The van der Waals surface area contributed by atoms with Crippen molar-refractivity contribution in [3.63, 3.8) is 0 Å². The van der Waals surface area contributed by atoms with Gasteiger partial charge in [0, 0.05) is 45.1 Å². The smallest absolute Gasteiger partial charge is 0.232 e. The van der Waals surface area contributed by atoms with Gasteiger partial charge >= 0.3 is 0 Å². The van der Waals surface area contributed by atoms with Crippen LogP contribution in [0.4, 0.5) is 5.69 Å². The molecule has 1 aromatic heterocycles. The molecule has 27 heavy (non-hydrogen) atoms. The van der Waals surface area contributed by atoms with Crippen molar-refractivity contribution in [2.45, 2.75) is 13.0 Å². The van der Waals surface area contributed by atoms with E-state index in [2.05, 4.69) is 15.2 Å². The molecule has 1 saturated heterocycles. The van der Waals surface area contributed by atoms with Crippen LogP contribution in [0.15, 0.2) is 48.8 Å². The lowest BCUT2D eigenvalue weighted by Gasteiger charge is -2.36. The zero-order valence-corrected chi connectivity index (χ0v) is 15.4. The van der Waals surface area contributed by atoms with E-state index < -0.39 is 0 Å². The maximum atomic E-state index is 12.4. The zero-order chi connectivity index (χ0) is 19.1. The Labute approximate surface area is 158 Å². The van der Waals surface area contributed by atoms with Gasteiger partial charge in [-0.3, -0.25) is 14.6 Å². The summed E-state index contributed by atoms with van der Waals surface area (Å²) >= 11 is 0. The molecular weight excluding hydrogens is 344 g/mol. The van der Waals surface area contributed by atoms with Gasteiger partial charge < -0.3 is 19.9 Å². The van der Waals surface area contributed by atoms with E-state index in [1.165, 1.54) is 0 Å². The number of methoxy groups -OCH3 is 1. The number of aromatic nitrogens is 1. The minimum atomic E-state index is -0.260. The normalized spacial score (nSPS) is 14.0. The SMILES string of the molecule is COc1ccccc1N1CCN(C(=O)CC(=O)NCc2ccncc2)CC1. The summed E-state index contributed by atoms with van der Waals surface area (Å²) in [7, 11) is 1.66. The Morgan fingerprint density at radius 3 is 2.48 bits per heavy atom. The van der Waals surface area contributed by atoms with Crippen molar-refractivity contribution in [1.82, 2.24) is 15.2 Å². The largest absolute Gasteiger partial charge is 0.495 e. The van der Waals surface area contributed by atoms with Crippen LogP contribution in [0.1, 0.15) is 12.0 Å². The fourth-order valence-electron chi connectivity index (χ4n) is 3.10. The zero-order valence-electron chi connectivity index (χ0n) is 15.4. The number of carbonyl (C=O) groups excluding carboxylic acids is 2. The first-order valence-corrected chi connectivity index (χ1v) is 8.98. The highest BCUT2D eigenvalue weighted by atomic mass is 16.5. The lowest BCUT2D eigenvalue weighted by molar-refractivity contribution is -0.136. The van der Waals surface area contributed by atoms with Crippen molar-refractivity contribution in [3.05, 3.63) is 54.4 Å². The number of hydrogen-bond acceptors (Lipinski definition) is 5. The number of rotatable bonds is 6. The number of pyridine rings is 1. The first-order chi connectivity index (χ1) is 13.2. The number of hydrogen-bond donors (Lipinski definition) is 1. The predicted molar refractivity (Wildman–Crippen MR) is 102 cm³/mol.